The van der Waals surface area contributed by atoms with E-state index in [1.165, 1.54) is 0 Å². The number of phenols is 1. The van der Waals surface area contributed by atoms with Crippen LogP contribution in [0.5, 0.6) is 5.75 Å². The zero-order chi connectivity index (χ0) is 22.4. The lowest BCUT2D eigenvalue weighted by atomic mass is 9.79. The molecule has 0 unspecified atom stereocenters. The van der Waals surface area contributed by atoms with Gasteiger partial charge in [0.25, 0.3) is 0 Å². The van der Waals surface area contributed by atoms with Crippen LogP contribution in [0.25, 0.3) is 5.69 Å². The van der Waals surface area contributed by atoms with Crippen LogP contribution in [0.2, 0.25) is 0 Å². The molecule has 4 rings (SSSR count). The van der Waals surface area contributed by atoms with E-state index in [0.717, 1.165) is 33.6 Å². The standard InChI is InChI=1S/C23H31IN6O/c1-15-13-25-30(14-15)16-7-8-18(20(31)9-16)19-12-24-21(27-26-19)29(6)17-10-22(2,3)28-23(4,5)11-17/h7-9,12-14,17,28,31H,10-11H2,1-6H3. The van der Waals surface area contributed by atoms with Crippen molar-refractivity contribution in [3.63, 3.8) is 0 Å². The van der Waals surface area contributed by atoms with Gasteiger partial charge in [0.2, 0.25) is 0 Å². The summed E-state index contributed by atoms with van der Waals surface area (Å²) in [6, 6.07) is 5.99. The summed E-state index contributed by atoms with van der Waals surface area (Å²) in [5.74, 6) is 0.193. The number of nitrogens with one attached hydrogen (secondary N) is 1. The molecule has 2 aliphatic heterocycles. The van der Waals surface area contributed by atoms with Crippen LogP contribution in [0.1, 0.15) is 51.7 Å². The number of halogens is 1. The molecule has 8 heteroatoms. The van der Waals surface area contributed by atoms with E-state index in [2.05, 4.69) is 64.3 Å². The number of aromatic hydroxyl groups is 1. The van der Waals surface area contributed by atoms with Crippen molar-refractivity contribution < 1.29 is 5.11 Å². The number of aryl methyl sites for hydroxylation is 1. The Bertz CT molecular complexity index is 1070. The van der Waals surface area contributed by atoms with Gasteiger partial charge in [-0.15, -0.1) is 10.2 Å². The Morgan fingerprint density at radius 2 is 1.87 bits per heavy atom. The second-order valence-corrected chi connectivity index (χ2v) is 12.0. The first kappa shape index (κ1) is 22.1. The lowest BCUT2D eigenvalue weighted by molar-refractivity contribution is 0.115. The maximum absolute atomic E-state index is 10.6. The Morgan fingerprint density at radius 1 is 1.16 bits per heavy atom. The second kappa shape index (κ2) is 8.12. The van der Waals surface area contributed by atoms with E-state index < -0.39 is 20.7 Å². The number of hydrogen-bond donors (Lipinski definition) is 2. The molecule has 0 spiro atoms. The van der Waals surface area contributed by atoms with Gasteiger partial charge in [0.05, 0.1) is 11.9 Å². The summed E-state index contributed by atoms with van der Waals surface area (Å²) >= 11 is -0.438. The summed E-state index contributed by atoms with van der Waals surface area (Å²) in [5.41, 5.74) is 3.53. The lowest BCUT2D eigenvalue weighted by Crippen LogP contribution is -2.62. The van der Waals surface area contributed by atoms with Gasteiger partial charge in [0, 0.05) is 46.0 Å². The number of hydrogen-bond acceptors (Lipinski definition) is 6. The van der Waals surface area contributed by atoms with Gasteiger partial charge < -0.3 is 15.3 Å². The Balaban J connectivity index is 1.53. The highest BCUT2D eigenvalue weighted by Crippen LogP contribution is 2.33. The molecule has 0 bridgehead atoms. The molecule has 0 amide bonds. The first-order chi connectivity index (χ1) is 14.5. The fraction of sp³-hybridized carbons (Fsp3) is 0.478. The van der Waals surface area contributed by atoms with Crippen molar-refractivity contribution >= 4 is 34.3 Å². The first-order valence-corrected chi connectivity index (χ1v) is 12.8. The molecular formula is C23H31IN6O. The van der Waals surface area contributed by atoms with Crippen LogP contribution >= 0.6 is 20.7 Å². The highest BCUT2D eigenvalue weighted by molar-refractivity contribution is 14.2. The van der Waals surface area contributed by atoms with Crippen LogP contribution < -0.4 is 5.32 Å². The number of rotatable bonds is 3. The van der Waals surface area contributed by atoms with Crippen LogP contribution in [0, 0.1) is 6.92 Å². The van der Waals surface area contributed by atoms with Crippen LogP contribution in [-0.4, -0.2) is 57.5 Å². The lowest BCUT2D eigenvalue weighted by Gasteiger charge is -2.49. The number of piperidine rings is 1. The molecule has 7 nitrogen and oxygen atoms in total. The molecule has 31 heavy (non-hydrogen) atoms. The third kappa shape index (κ3) is 4.90. The molecule has 0 atom stereocenters. The zero-order valence-electron chi connectivity index (χ0n) is 19.0. The smallest absolute Gasteiger partial charge is 0.183 e. The summed E-state index contributed by atoms with van der Waals surface area (Å²) in [5, 5.41) is 27.7. The van der Waals surface area contributed by atoms with Crippen molar-refractivity contribution in [2.45, 2.75) is 64.6 Å². The van der Waals surface area contributed by atoms with E-state index >= 15 is 0 Å². The zero-order valence-corrected chi connectivity index (χ0v) is 21.2. The molecule has 166 valence electrons. The molecule has 0 radical (unpaired) electrons. The fourth-order valence-electron chi connectivity index (χ4n) is 4.63. The van der Waals surface area contributed by atoms with Crippen LogP contribution in [0.15, 0.2) is 40.8 Å². The van der Waals surface area contributed by atoms with Gasteiger partial charge in [0.15, 0.2) is 3.84 Å². The first-order valence-electron chi connectivity index (χ1n) is 10.5. The third-order valence-corrected chi connectivity index (χ3v) is 8.17. The number of phenolic OH excluding ortho intramolecular Hbond substituents is 1. The minimum Gasteiger partial charge on any atom is -0.507 e. The topological polar surface area (TPSA) is 78.0 Å². The van der Waals surface area contributed by atoms with E-state index in [0.29, 0.717) is 11.6 Å². The molecule has 2 aromatic rings. The average Bonchev–Trinajstić information content (AvgIpc) is 3.11. The largest absolute Gasteiger partial charge is 0.507 e. The Labute approximate surface area is 194 Å². The molecule has 2 aliphatic rings. The highest BCUT2D eigenvalue weighted by Gasteiger charge is 2.39. The Hall–Kier alpha value is -2.07. The predicted octanol–water partition coefficient (Wildman–Crippen LogP) is 3.97. The summed E-state index contributed by atoms with van der Waals surface area (Å²) in [6.45, 7) is 11.1. The van der Waals surface area contributed by atoms with Crippen molar-refractivity contribution in [1.29, 1.82) is 0 Å². The van der Waals surface area contributed by atoms with E-state index in [1.54, 1.807) is 16.9 Å². The summed E-state index contributed by atoms with van der Waals surface area (Å²) in [4.78, 5) is 2.33. The average molecular weight is 534 g/mol. The van der Waals surface area contributed by atoms with E-state index in [-0.39, 0.29) is 16.8 Å². The van der Waals surface area contributed by atoms with Gasteiger partial charge >= 0.3 is 0 Å². The van der Waals surface area contributed by atoms with Gasteiger partial charge in [-0.25, -0.2) is 4.68 Å². The molecule has 3 heterocycles. The van der Waals surface area contributed by atoms with Crippen molar-refractivity contribution in [1.82, 2.24) is 20.0 Å². The van der Waals surface area contributed by atoms with Crippen molar-refractivity contribution in [2.24, 2.45) is 10.2 Å². The molecule has 1 saturated heterocycles. The second-order valence-electron chi connectivity index (χ2n) is 9.80. The van der Waals surface area contributed by atoms with E-state index in [9.17, 15) is 5.11 Å². The van der Waals surface area contributed by atoms with Crippen molar-refractivity contribution in [3.05, 3.63) is 41.7 Å². The third-order valence-electron chi connectivity index (χ3n) is 5.74. The molecule has 1 aromatic carbocycles. The minimum absolute atomic E-state index is 0.0903. The molecule has 0 aliphatic carbocycles. The van der Waals surface area contributed by atoms with Crippen molar-refractivity contribution in [3.8, 4) is 11.4 Å². The van der Waals surface area contributed by atoms with Gasteiger partial charge in [-0.3, -0.25) is 0 Å². The van der Waals surface area contributed by atoms with Crippen LogP contribution in [-0.2, 0) is 0 Å². The van der Waals surface area contributed by atoms with Gasteiger partial charge in [-0.2, -0.15) is 5.10 Å². The number of aromatic nitrogens is 2. The van der Waals surface area contributed by atoms with Gasteiger partial charge in [-0.05, 0) is 85.9 Å². The monoisotopic (exact) mass is 534 g/mol. The van der Waals surface area contributed by atoms with Crippen molar-refractivity contribution in [2.75, 3.05) is 7.05 Å². The summed E-state index contributed by atoms with van der Waals surface area (Å²) < 4.78 is 4.98. The Morgan fingerprint density at radius 3 is 2.42 bits per heavy atom. The normalized spacial score (nSPS) is 20.6. The van der Waals surface area contributed by atoms with Gasteiger partial charge in [-0.1, -0.05) is 0 Å². The van der Waals surface area contributed by atoms with Crippen LogP contribution in [0.3, 0.4) is 0 Å². The van der Waals surface area contributed by atoms with Gasteiger partial charge in [0.1, 0.15) is 11.5 Å². The SMILES string of the molecule is Cc1cnn(-c2ccc(C3=NN=C(N(C)C4CC(C)(C)NC(C)(C)C4)I=C3)c(O)c2)c1. The Kier molecular flexibility index (Phi) is 5.80. The maximum Gasteiger partial charge on any atom is 0.183 e. The van der Waals surface area contributed by atoms with E-state index in [4.69, 9.17) is 0 Å². The number of amidine groups is 1. The number of benzene rings is 1. The summed E-state index contributed by atoms with van der Waals surface area (Å²) in [6.07, 6.45) is 5.87. The summed E-state index contributed by atoms with van der Waals surface area (Å²) in [7, 11) is 2.15. The maximum atomic E-state index is 10.6. The molecule has 1 fully saturated rings. The fourth-order valence-corrected chi connectivity index (χ4v) is 6.72. The quantitative estimate of drug-likeness (QED) is 0.462. The van der Waals surface area contributed by atoms with Crippen LogP contribution in [0.4, 0.5) is 0 Å². The molecule has 2 N–H and O–H groups in total. The number of nitrogens with zero attached hydrogens (tertiary/aromatic N) is 5. The molecule has 0 saturated carbocycles. The predicted molar refractivity (Wildman–Crippen MR) is 136 cm³/mol. The molecule has 1 aromatic heterocycles. The highest BCUT2D eigenvalue weighted by atomic mass is 127. The molecular weight excluding hydrogens is 503 g/mol. The minimum atomic E-state index is -0.438. The van der Waals surface area contributed by atoms with E-state index in [1.807, 2.05) is 25.3 Å².